The second-order valence-corrected chi connectivity index (χ2v) is 6.78. The van der Waals surface area contributed by atoms with Crippen molar-refractivity contribution in [1.82, 2.24) is 10.6 Å². The molecular formula is C21H29N4O2+. The summed E-state index contributed by atoms with van der Waals surface area (Å²) in [5.41, 5.74) is 3.14. The Morgan fingerprint density at radius 3 is 2.22 bits per heavy atom. The minimum atomic E-state index is -0.484. The van der Waals surface area contributed by atoms with Gasteiger partial charge in [-0.05, 0) is 19.1 Å². The summed E-state index contributed by atoms with van der Waals surface area (Å²) >= 11 is 0. The summed E-state index contributed by atoms with van der Waals surface area (Å²) in [5, 5.41) is 5.06. The first kappa shape index (κ1) is 20.5. The van der Waals surface area contributed by atoms with Crippen LogP contribution >= 0.6 is 0 Å². The second-order valence-electron chi connectivity index (χ2n) is 6.78. The largest absolute Gasteiger partial charge is 0.378 e. The van der Waals surface area contributed by atoms with Gasteiger partial charge in [-0.3, -0.25) is 10.1 Å². The Labute approximate surface area is 161 Å². The van der Waals surface area contributed by atoms with Crippen LogP contribution in [-0.4, -0.2) is 39.6 Å². The molecule has 6 heteroatoms. The molecule has 0 aliphatic heterocycles. The number of likely N-dealkylation sites (N-methyl/N-ethyl adjacent to an activating group) is 1. The van der Waals surface area contributed by atoms with Gasteiger partial charge in [-0.25, -0.2) is 4.79 Å². The SMILES string of the molecule is CCNC(=O)NC(=O)[C@@H](c1ccccc1)[NH+](C)Cc1ccc(N(C)C)cc1. The number of carbonyl (C=O) groups is 2. The highest BCUT2D eigenvalue weighted by molar-refractivity contribution is 5.96. The summed E-state index contributed by atoms with van der Waals surface area (Å²) in [4.78, 5) is 27.7. The topological polar surface area (TPSA) is 65.9 Å². The number of nitrogens with zero attached hydrogens (tertiary/aromatic N) is 1. The molecule has 2 aromatic carbocycles. The van der Waals surface area contributed by atoms with Crippen molar-refractivity contribution in [2.24, 2.45) is 0 Å². The van der Waals surface area contributed by atoms with Gasteiger partial charge < -0.3 is 15.1 Å². The molecule has 144 valence electrons. The molecule has 0 saturated heterocycles. The Morgan fingerprint density at radius 1 is 1.04 bits per heavy atom. The fourth-order valence-corrected chi connectivity index (χ4v) is 3.03. The van der Waals surface area contributed by atoms with Gasteiger partial charge in [0, 0.05) is 37.5 Å². The van der Waals surface area contributed by atoms with E-state index in [9.17, 15) is 9.59 Å². The van der Waals surface area contributed by atoms with E-state index >= 15 is 0 Å². The van der Waals surface area contributed by atoms with Gasteiger partial charge in [0.1, 0.15) is 6.54 Å². The molecule has 6 nitrogen and oxygen atoms in total. The number of carbonyl (C=O) groups excluding carboxylic acids is 2. The molecule has 0 aliphatic rings. The van der Waals surface area contributed by atoms with Gasteiger partial charge in [0.15, 0.2) is 6.04 Å². The highest BCUT2D eigenvalue weighted by Crippen LogP contribution is 2.13. The zero-order valence-corrected chi connectivity index (χ0v) is 16.5. The van der Waals surface area contributed by atoms with Crippen LogP contribution in [0.3, 0.4) is 0 Å². The first-order valence-corrected chi connectivity index (χ1v) is 9.14. The highest BCUT2D eigenvalue weighted by atomic mass is 16.2. The lowest BCUT2D eigenvalue weighted by atomic mass is 10.0. The molecule has 3 N–H and O–H groups in total. The van der Waals surface area contributed by atoms with E-state index in [2.05, 4.69) is 34.9 Å². The predicted octanol–water partition coefficient (Wildman–Crippen LogP) is 1.35. The van der Waals surface area contributed by atoms with Gasteiger partial charge in [0.05, 0.1) is 7.05 Å². The minimum absolute atomic E-state index is 0.311. The molecule has 0 bridgehead atoms. The zero-order chi connectivity index (χ0) is 19.8. The van der Waals surface area contributed by atoms with Crippen LogP contribution < -0.4 is 20.4 Å². The van der Waals surface area contributed by atoms with E-state index in [0.29, 0.717) is 13.1 Å². The molecule has 2 aromatic rings. The Balaban J connectivity index is 2.19. The van der Waals surface area contributed by atoms with Crippen molar-refractivity contribution in [1.29, 1.82) is 0 Å². The maximum Gasteiger partial charge on any atom is 0.321 e. The quantitative estimate of drug-likeness (QED) is 0.690. The van der Waals surface area contributed by atoms with E-state index in [1.165, 1.54) is 0 Å². The maximum atomic E-state index is 12.8. The minimum Gasteiger partial charge on any atom is -0.378 e. The molecule has 2 atom stereocenters. The Hall–Kier alpha value is -2.86. The third kappa shape index (κ3) is 5.82. The van der Waals surface area contributed by atoms with Crippen molar-refractivity contribution in [3.05, 3.63) is 65.7 Å². The number of hydrogen-bond acceptors (Lipinski definition) is 3. The van der Waals surface area contributed by atoms with Crippen LogP contribution in [0.1, 0.15) is 24.1 Å². The number of hydrogen-bond donors (Lipinski definition) is 3. The zero-order valence-electron chi connectivity index (χ0n) is 16.5. The average molecular weight is 369 g/mol. The van der Waals surface area contributed by atoms with Gasteiger partial charge in [0.2, 0.25) is 0 Å². The number of benzene rings is 2. The lowest BCUT2D eigenvalue weighted by Gasteiger charge is -2.24. The number of amides is 3. The number of quaternary nitrogens is 1. The molecular weight excluding hydrogens is 340 g/mol. The molecule has 3 amide bonds. The Morgan fingerprint density at radius 2 is 1.67 bits per heavy atom. The molecule has 1 unspecified atom stereocenters. The lowest BCUT2D eigenvalue weighted by molar-refractivity contribution is -0.916. The van der Waals surface area contributed by atoms with Gasteiger partial charge in [-0.2, -0.15) is 0 Å². The van der Waals surface area contributed by atoms with Crippen LogP contribution in [0.4, 0.5) is 10.5 Å². The lowest BCUT2D eigenvalue weighted by Crippen LogP contribution is -3.09. The van der Waals surface area contributed by atoms with E-state index in [-0.39, 0.29) is 5.91 Å². The number of anilines is 1. The summed E-state index contributed by atoms with van der Waals surface area (Å²) in [5.74, 6) is -0.311. The molecule has 0 spiro atoms. The summed E-state index contributed by atoms with van der Waals surface area (Å²) in [6.45, 7) is 2.94. The monoisotopic (exact) mass is 369 g/mol. The molecule has 2 rings (SSSR count). The molecule has 0 aliphatic carbocycles. The van der Waals surface area contributed by atoms with Gasteiger partial charge in [-0.15, -0.1) is 0 Å². The third-order valence-corrected chi connectivity index (χ3v) is 4.40. The van der Waals surface area contributed by atoms with Crippen LogP contribution in [0, 0.1) is 0 Å². The van der Waals surface area contributed by atoms with Crippen molar-refractivity contribution >= 4 is 17.6 Å². The van der Waals surface area contributed by atoms with Crippen LogP contribution in [0.5, 0.6) is 0 Å². The molecule has 0 fully saturated rings. The number of rotatable bonds is 7. The van der Waals surface area contributed by atoms with Crippen LogP contribution in [0.2, 0.25) is 0 Å². The van der Waals surface area contributed by atoms with Crippen molar-refractivity contribution < 1.29 is 14.5 Å². The summed E-state index contributed by atoms with van der Waals surface area (Å²) in [7, 11) is 5.97. The third-order valence-electron chi connectivity index (χ3n) is 4.40. The van der Waals surface area contributed by atoms with Crippen molar-refractivity contribution in [3.63, 3.8) is 0 Å². The van der Waals surface area contributed by atoms with E-state index in [1.807, 2.05) is 63.3 Å². The smallest absolute Gasteiger partial charge is 0.321 e. The molecule has 27 heavy (non-hydrogen) atoms. The maximum absolute atomic E-state index is 12.8. The predicted molar refractivity (Wildman–Crippen MR) is 108 cm³/mol. The summed E-state index contributed by atoms with van der Waals surface area (Å²) in [6, 6.07) is 16.9. The Bertz CT molecular complexity index is 745. The molecule has 0 radical (unpaired) electrons. The standard InChI is InChI=1S/C21H28N4O2/c1-5-22-21(27)23-20(26)19(17-9-7-6-8-10-17)25(4)15-16-11-13-18(14-12-16)24(2)3/h6-14,19H,5,15H2,1-4H3,(H2,22,23,26,27)/p+1/t19-/m1/s1. The summed E-state index contributed by atoms with van der Waals surface area (Å²) in [6.07, 6.45) is 0. The number of imide groups is 1. The van der Waals surface area contributed by atoms with Crippen molar-refractivity contribution in [3.8, 4) is 0 Å². The molecule has 0 aromatic heterocycles. The van der Waals surface area contributed by atoms with Gasteiger partial charge >= 0.3 is 6.03 Å². The summed E-state index contributed by atoms with van der Waals surface area (Å²) < 4.78 is 0. The first-order chi connectivity index (χ1) is 12.9. The van der Waals surface area contributed by atoms with E-state index < -0.39 is 12.1 Å². The van der Waals surface area contributed by atoms with Crippen molar-refractivity contribution in [2.45, 2.75) is 19.5 Å². The fourth-order valence-electron chi connectivity index (χ4n) is 3.03. The average Bonchev–Trinajstić information content (AvgIpc) is 2.63. The normalized spacial score (nSPS) is 12.7. The number of nitrogens with one attached hydrogen (secondary N) is 3. The Kier molecular flexibility index (Phi) is 7.37. The van der Waals surface area contributed by atoms with Crippen LogP contribution in [-0.2, 0) is 11.3 Å². The second kappa shape index (κ2) is 9.73. The highest BCUT2D eigenvalue weighted by Gasteiger charge is 2.30. The van der Waals surface area contributed by atoms with E-state index in [1.54, 1.807) is 0 Å². The van der Waals surface area contributed by atoms with E-state index in [0.717, 1.165) is 21.7 Å². The van der Waals surface area contributed by atoms with E-state index in [4.69, 9.17) is 0 Å². The molecule has 0 saturated carbocycles. The molecule has 0 heterocycles. The number of urea groups is 1. The first-order valence-electron chi connectivity index (χ1n) is 9.14. The van der Waals surface area contributed by atoms with Gasteiger partial charge in [-0.1, -0.05) is 42.5 Å². The van der Waals surface area contributed by atoms with Crippen LogP contribution in [0.25, 0.3) is 0 Å². The van der Waals surface area contributed by atoms with Gasteiger partial charge in [0.25, 0.3) is 5.91 Å². The van der Waals surface area contributed by atoms with Crippen LogP contribution in [0.15, 0.2) is 54.6 Å². The fraction of sp³-hybridized carbons (Fsp3) is 0.333. The van der Waals surface area contributed by atoms with Crippen molar-refractivity contribution in [2.75, 3.05) is 32.6 Å².